The third kappa shape index (κ3) is 4.60. The van der Waals surface area contributed by atoms with Crippen LogP contribution in [-0.4, -0.2) is 74.2 Å². The summed E-state index contributed by atoms with van der Waals surface area (Å²) in [6.07, 6.45) is 0. The smallest absolute Gasteiger partial charge is 0.319 e. The number of hydrogen-bond acceptors (Lipinski definition) is 3. The molecule has 1 saturated heterocycles. The fraction of sp³-hybridized carbons (Fsp3) is 0.533. The minimum atomic E-state index is -0.260. The zero-order chi connectivity index (χ0) is 15.2. The number of carbonyl (C=O) groups is 1. The molecule has 1 aliphatic rings. The van der Waals surface area contributed by atoms with Crippen molar-refractivity contribution in [3.63, 3.8) is 0 Å². The predicted octanol–water partition coefficient (Wildman–Crippen LogP) is 1.50. The Kier molecular flexibility index (Phi) is 5.38. The summed E-state index contributed by atoms with van der Waals surface area (Å²) in [4.78, 5) is 17.5. The predicted molar refractivity (Wildman–Crippen MR) is 79.0 cm³/mol. The van der Waals surface area contributed by atoms with Gasteiger partial charge < -0.3 is 14.5 Å². The second kappa shape index (κ2) is 7.26. The topological polar surface area (TPSA) is 36.0 Å². The van der Waals surface area contributed by atoms with Crippen molar-refractivity contribution in [1.82, 2.24) is 14.7 Å². The Bertz CT molecular complexity index is 456. The van der Waals surface area contributed by atoms with Crippen molar-refractivity contribution in [2.75, 3.05) is 53.4 Å². The van der Waals surface area contributed by atoms with Gasteiger partial charge >= 0.3 is 6.03 Å². The van der Waals surface area contributed by atoms with E-state index in [1.54, 1.807) is 31.1 Å². The summed E-state index contributed by atoms with van der Waals surface area (Å²) < 4.78 is 18.3. The molecule has 0 aromatic heterocycles. The first-order valence-electron chi connectivity index (χ1n) is 7.13. The van der Waals surface area contributed by atoms with Crippen molar-refractivity contribution in [2.45, 2.75) is 0 Å². The van der Waals surface area contributed by atoms with Crippen LogP contribution in [0.3, 0.4) is 0 Å². The minimum absolute atomic E-state index is 0.0669. The van der Waals surface area contributed by atoms with Gasteiger partial charge in [-0.2, -0.15) is 0 Å². The molecule has 0 radical (unpaired) electrons. The van der Waals surface area contributed by atoms with E-state index in [0.717, 1.165) is 32.7 Å². The van der Waals surface area contributed by atoms with Crippen molar-refractivity contribution < 1.29 is 13.9 Å². The molecule has 1 aromatic carbocycles. The van der Waals surface area contributed by atoms with E-state index >= 15 is 0 Å². The maximum Gasteiger partial charge on any atom is 0.319 e. The maximum absolute atomic E-state index is 12.8. The zero-order valence-corrected chi connectivity index (χ0v) is 12.6. The molecular weight excluding hydrogens is 273 g/mol. The van der Waals surface area contributed by atoms with Gasteiger partial charge in [0.1, 0.15) is 18.2 Å². The monoisotopic (exact) mass is 295 g/mol. The fourth-order valence-electron chi connectivity index (χ4n) is 2.27. The lowest BCUT2D eigenvalue weighted by atomic mass is 10.3. The van der Waals surface area contributed by atoms with Gasteiger partial charge in [0, 0.05) is 46.8 Å². The van der Waals surface area contributed by atoms with E-state index < -0.39 is 0 Å². The van der Waals surface area contributed by atoms with Crippen LogP contribution in [0, 0.1) is 5.82 Å². The van der Waals surface area contributed by atoms with Gasteiger partial charge in [0.05, 0.1) is 0 Å². The number of hydrogen-bond donors (Lipinski definition) is 0. The summed E-state index contributed by atoms with van der Waals surface area (Å²) in [5.74, 6) is 0.418. The molecular formula is C15H22FN3O2. The average Bonchev–Trinajstić information content (AvgIpc) is 2.49. The molecule has 2 amide bonds. The third-order valence-corrected chi connectivity index (χ3v) is 3.52. The Morgan fingerprint density at radius 3 is 2.38 bits per heavy atom. The van der Waals surface area contributed by atoms with Crippen LogP contribution in [0.1, 0.15) is 0 Å². The number of nitrogens with zero attached hydrogens (tertiary/aromatic N) is 3. The summed E-state index contributed by atoms with van der Waals surface area (Å²) in [6.45, 7) is 4.56. The van der Waals surface area contributed by atoms with Crippen LogP contribution in [0.4, 0.5) is 9.18 Å². The van der Waals surface area contributed by atoms with Crippen LogP contribution in [0.2, 0.25) is 0 Å². The van der Waals surface area contributed by atoms with Crippen molar-refractivity contribution in [2.24, 2.45) is 0 Å². The molecule has 0 unspecified atom stereocenters. The minimum Gasteiger partial charge on any atom is -0.492 e. The molecule has 0 atom stereocenters. The molecule has 0 spiro atoms. The molecule has 6 heteroatoms. The highest BCUT2D eigenvalue weighted by Crippen LogP contribution is 2.11. The van der Waals surface area contributed by atoms with Gasteiger partial charge in [0.25, 0.3) is 0 Å². The lowest BCUT2D eigenvalue weighted by Gasteiger charge is -2.35. The van der Waals surface area contributed by atoms with Crippen LogP contribution in [0.5, 0.6) is 5.75 Å². The summed E-state index contributed by atoms with van der Waals surface area (Å²) in [5.41, 5.74) is 0. The van der Waals surface area contributed by atoms with Gasteiger partial charge in [0.15, 0.2) is 0 Å². The van der Waals surface area contributed by atoms with Crippen molar-refractivity contribution >= 4 is 6.03 Å². The molecule has 1 fully saturated rings. The summed E-state index contributed by atoms with van der Waals surface area (Å²) in [5, 5.41) is 0. The van der Waals surface area contributed by atoms with Crippen molar-refractivity contribution in [3.8, 4) is 5.75 Å². The molecule has 0 saturated carbocycles. The first kappa shape index (κ1) is 15.6. The van der Waals surface area contributed by atoms with Crippen molar-refractivity contribution in [1.29, 1.82) is 0 Å². The van der Waals surface area contributed by atoms with Gasteiger partial charge in [0.2, 0.25) is 0 Å². The molecule has 1 heterocycles. The molecule has 0 bridgehead atoms. The quantitative estimate of drug-likeness (QED) is 0.844. The van der Waals surface area contributed by atoms with E-state index in [0.29, 0.717) is 12.4 Å². The lowest BCUT2D eigenvalue weighted by molar-refractivity contribution is 0.113. The number of piperazine rings is 1. The van der Waals surface area contributed by atoms with E-state index in [1.165, 1.54) is 12.1 Å². The largest absolute Gasteiger partial charge is 0.492 e. The Morgan fingerprint density at radius 1 is 1.19 bits per heavy atom. The van der Waals surface area contributed by atoms with Gasteiger partial charge in [-0.05, 0) is 24.3 Å². The highest BCUT2D eigenvalue weighted by Gasteiger charge is 2.21. The summed E-state index contributed by atoms with van der Waals surface area (Å²) in [6, 6.07) is 6.10. The van der Waals surface area contributed by atoms with Crippen LogP contribution in [0.15, 0.2) is 24.3 Å². The molecule has 21 heavy (non-hydrogen) atoms. The highest BCUT2D eigenvalue weighted by atomic mass is 19.1. The van der Waals surface area contributed by atoms with E-state index in [9.17, 15) is 9.18 Å². The van der Waals surface area contributed by atoms with Crippen LogP contribution < -0.4 is 4.74 Å². The Hall–Kier alpha value is -1.82. The second-order valence-electron chi connectivity index (χ2n) is 5.31. The molecule has 2 rings (SSSR count). The number of carbonyl (C=O) groups excluding carboxylic acids is 1. The first-order valence-corrected chi connectivity index (χ1v) is 7.13. The fourth-order valence-corrected chi connectivity index (χ4v) is 2.27. The normalized spacial score (nSPS) is 15.9. The maximum atomic E-state index is 12.8. The zero-order valence-electron chi connectivity index (χ0n) is 12.6. The van der Waals surface area contributed by atoms with E-state index in [1.807, 2.05) is 4.90 Å². The number of halogens is 1. The van der Waals surface area contributed by atoms with Crippen LogP contribution in [-0.2, 0) is 0 Å². The van der Waals surface area contributed by atoms with Crippen LogP contribution in [0.25, 0.3) is 0 Å². The molecule has 5 nitrogen and oxygen atoms in total. The molecule has 0 N–H and O–H groups in total. The SMILES string of the molecule is CN(C)C(=O)N1CCN(CCOc2ccc(F)cc2)CC1. The summed E-state index contributed by atoms with van der Waals surface area (Å²) >= 11 is 0. The Morgan fingerprint density at radius 2 is 1.81 bits per heavy atom. The lowest BCUT2D eigenvalue weighted by Crippen LogP contribution is -2.52. The van der Waals surface area contributed by atoms with E-state index in [-0.39, 0.29) is 11.8 Å². The van der Waals surface area contributed by atoms with E-state index in [2.05, 4.69) is 4.90 Å². The van der Waals surface area contributed by atoms with Crippen LogP contribution >= 0.6 is 0 Å². The Labute approximate surface area is 124 Å². The number of amides is 2. The summed E-state index contributed by atoms with van der Waals surface area (Å²) in [7, 11) is 3.54. The number of rotatable bonds is 4. The second-order valence-corrected chi connectivity index (χ2v) is 5.31. The van der Waals surface area contributed by atoms with Gasteiger partial charge in [-0.3, -0.25) is 4.90 Å². The van der Waals surface area contributed by atoms with Gasteiger partial charge in [-0.25, -0.2) is 9.18 Å². The van der Waals surface area contributed by atoms with Gasteiger partial charge in [-0.1, -0.05) is 0 Å². The standard InChI is InChI=1S/C15H22FN3O2/c1-17(2)15(20)19-9-7-18(8-10-19)11-12-21-14-5-3-13(16)4-6-14/h3-6H,7-12H2,1-2H3. The molecule has 1 aliphatic heterocycles. The number of benzene rings is 1. The molecule has 116 valence electrons. The van der Waals surface area contributed by atoms with E-state index in [4.69, 9.17) is 4.74 Å². The number of ether oxygens (including phenoxy) is 1. The molecule has 0 aliphatic carbocycles. The average molecular weight is 295 g/mol. The first-order chi connectivity index (χ1) is 10.1. The molecule has 1 aromatic rings. The van der Waals surface area contributed by atoms with Gasteiger partial charge in [-0.15, -0.1) is 0 Å². The Balaban J connectivity index is 1.67. The number of urea groups is 1. The third-order valence-electron chi connectivity index (χ3n) is 3.52. The highest BCUT2D eigenvalue weighted by molar-refractivity contribution is 5.73. The van der Waals surface area contributed by atoms with Crippen molar-refractivity contribution in [3.05, 3.63) is 30.1 Å².